The molecule has 2 N–H and O–H groups in total. The van der Waals surface area contributed by atoms with E-state index in [1.807, 2.05) is 6.07 Å². The van der Waals surface area contributed by atoms with Crippen LogP contribution in [0.5, 0.6) is 0 Å². The molecule has 1 aliphatic heterocycles. The molecule has 0 unspecified atom stereocenters. The molecule has 1 aromatic carbocycles. The van der Waals surface area contributed by atoms with E-state index in [1.54, 1.807) is 0 Å². The monoisotopic (exact) mass is 216 g/mol. The lowest BCUT2D eigenvalue weighted by molar-refractivity contribution is 0.316. The van der Waals surface area contributed by atoms with Gasteiger partial charge in [0.2, 0.25) is 0 Å². The number of hydrogen-bond donors (Lipinski definition) is 1. The van der Waals surface area contributed by atoms with E-state index in [2.05, 4.69) is 17.0 Å². The van der Waals surface area contributed by atoms with E-state index < -0.39 is 0 Å². The second-order valence-corrected chi connectivity index (χ2v) is 5.23. The average Bonchev–Trinajstić information content (AvgIpc) is 2.23. The van der Waals surface area contributed by atoms with Crippen LogP contribution in [0.4, 0.5) is 11.4 Å². The van der Waals surface area contributed by atoms with E-state index in [-0.39, 0.29) is 0 Å². The fourth-order valence-electron chi connectivity index (χ4n) is 2.87. The molecule has 2 nitrogen and oxygen atoms in total. The van der Waals surface area contributed by atoms with Crippen LogP contribution in [-0.2, 0) is 6.42 Å². The molecule has 0 spiro atoms. The highest BCUT2D eigenvalue weighted by atomic mass is 15.1. The Labute approximate surface area is 97.4 Å². The van der Waals surface area contributed by atoms with Crippen molar-refractivity contribution in [1.29, 1.82) is 0 Å². The first-order chi connectivity index (χ1) is 7.83. The highest BCUT2D eigenvalue weighted by Crippen LogP contribution is 2.33. The van der Waals surface area contributed by atoms with Gasteiger partial charge in [0.05, 0.1) is 0 Å². The van der Waals surface area contributed by atoms with Crippen LogP contribution in [-0.4, -0.2) is 13.1 Å². The molecule has 3 rings (SSSR count). The van der Waals surface area contributed by atoms with Crippen LogP contribution in [0.3, 0.4) is 0 Å². The highest BCUT2D eigenvalue weighted by Gasteiger charge is 2.23. The number of fused-ring (bicyclic) bond motifs is 1. The summed E-state index contributed by atoms with van der Waals surface area (Å²) in [6.45, 7) is 2.49. The summed E-state index contributed by atoms with van der Waals surface area (Å²) in [7, 11) is 0. The Morgan fingerprint density at radius 2 is 2.12 bits per heavy atom. The van der Waals surface area contributed by atoms with Gasteiger partial charge in [0.1, 0.15) is 0 Å². The van der Waals surface area contributed by atoms with Crippen molar-refractivity contribution in [3.05, 3.63) is 23.8 Å². The van der Waals surface area contributed by atoms with Gasteiger partial charge in [-0.3, -0.25) is 0 Å². The number of rotatable bonds is 2. The van der Waals surface area contributed by atoms with Gasteiger partial charge < -0.3 is 10.6 Å². The average molecular weight is 216 g/mol. The molecule has 0 amide bonds. The lowest BCUT2D eigenvalue weighted by Crippen LogP contribution is -2.36. The number of nitrogens with two attached hydrogens (primary N) is 1. The minimum atomic E-state index is 0.907. The number of nitrogen functional groups attached to an aromatic ring is 1. The number of hydrogen-bond acceptors (Lipinski definition) is 2. The molecule has 0 saturated heterocycles. The van der Waals surface area contributed by atoms with E-state index in [0.717, 1.165) is 11.6 Å². The maximum absolute atomic E-state index is 5.85. The van der Waals surface area contributed by atoms with Gasteiger partial charge in [0, 0.05) is 24.5 Å². The van der Waals surface area contributed by atoms with Crippen LogP contribution in [0, 0.1) is 5.92 Å². The Morgan fingerprint density at radius 1 is 1.25 bits per heavy atom. The number of anilines is 2. The Kier molecular flexibility index (Phi) is 2.50. The molecule has 1 saturated carbocycles. The summed E-state index contributed by atoms with van der Waals surface area (Å²) in [4.78, 5) is 2.57. The lowest BCUT2D eigenvalue weighted by atomic mass is 9.84. The molecule has 0 bridgehead atoms. The van der Waals surface area contributed by atoms with Gasteiger partial charge in [0.15, 0.2) is 0 Å². The predicted octanol–water partition coefficient (Wildman–Crippen LogP) is 2.82. The first-order valence-corrected chi connectivity index (χ1v) is 6.46. The van der Waals surface area contributed by atoms with E-state index in [0.29, 0.717) is 0 Å². The molecule has 2 heteroatoms. The first kappa shape index (κ1) is 10.0. The molecule has 1 aliphatic carbocycles. The smallest absolute Gasteiger partial charge is 0.0400 e. The molecule has 0 atom stereocenters. The standard InChI is InChI=1S/C14H20N2/c15-13-6-7-14-12(9-13)5-2-8-16(14)10-11-3-1-4-11/h6-7,9,11H,1-5,8,10,15H2. The van der Waals surface area contributed by atoms with Gasteiger partial charge in [-0.25, -0.2) is 0 Å². The summed E-state index contributed by atoms with van der Waals surface area (Å²) < 4.78 is 0. The van der Waals surface area contributed by atoms with Crippen LogP contribution in [0.2, 0.25) is 0 Å². The van der Waals surface area contributed by atoms with E-state index in [9.17, 15) is 0 Å². The summed E-state index contributed by atoms with van der Waals surface area (Å²) in [6.07, 6.45) is 6.78. The number of nitrogens with zero attached hydrogens (tertiary/aromatic N) is 1. The molecule has 1 heterocycles. The van der Waals surface area contributed by atoms with Crippen molar-refractivity contribution in [3.63, 3.8) is 0 Å². The molecule has 0 aromatic heterocycles. The maximum atomic E-state index is 5.85. The van der Waals surface area contributed by atoms with Gasteiger partial charge >= 0.3 is 0 Å². The molecule has 86 valence electrons. The Hall–Kier alpha value is -1.18. The van der Waals surface area contributed by atoms with Crippen molar-refractivity contribution in [2.75, 3.05) is 23.7 Å². The van der Waals surface area contributed by atoms with Gasteiger partial charge in [-0.1, -0.05) is 6.42 Å². The van der Waals surface area contributed by atoms with Crippen LogP contribution >= 0.6 is 0 Å². The molecule has 2 aliphatic rings. The van der Waals surface area contributed by atoms with Crippen molar-refractivity contribution >= 4 is 11.4 Å². The molecule has 0 radical (unpaired) electrons. The molecular formula is C14H20N2. The van der Waals surface area contributed by atoms with Crippen molar-refractivity contribution in [2.45, 2.75) is 32.1 Å². The Balaban J connectivity index is 1.81. The summed E-state index contributed by atoms with van der Waals surface area (Å²) in [5.74, 6) is 0.948. The van der Waals surface area contributed by atoms with Crippen molar-refractivity contribution in [2.24, 2.45) is 5.92 Å². The summed E-state index contributed by atoms with van der Waals surface area (Å²) >= 11 is 0. The van der Waals surface area contributed by atoms with Gasteiger partial charge in [-0.05, 0) is 55.4 Å². The van der Waals surface area contributed by atoms with Crippen molar-refractivity contribution in [1.82, 2.24) is 0 Å². The Morgan fingerprint density at radius 3 is 2.88 bits per heavy atom. The second kappa shape index (κ2) is 4.00. The van der Waals surface area contributed by atoms with Gasteiger partial charge in [-0.2, -0.15) is 0 Å². The zero-order valence-corrected chi connectivity index (χ0v) is 9.78. The van der Waals surface area contributed by atoms with Crippen molar-refractivity contribution in [3.8, 4) is 0 Å². The van der Waals surface area contributed by atoms with Gasteiger partial charge in [0.25, 0.3) is 0 Å². The fourth-order valence-corrected chi connectivity index (χ4v) is 2.87. The van der Waals surface area contributed by atoms with E-state index in [1.165, 1.54) is 56.4 Å². The summed E-state index contributed by atoms with van der Waals surface area (Å²) in [5.41, 5.74) is 9.64. The minimum absolute atomic E-state index is 0.907. The maximum Gasteiger partial charge on any atom is 0.0400 e. The molecule has 16 heavy (non-hydrogen) atoms. The minimum Gasteiger partial charge on any atom is -0.399 e. The Bertz CT molecular complexity index is 382. The topological polar surface area (TPSA) is 29.3 Å². The first-order valence-electron chi connectivity index (χ1n) is 6.46. The quantitative estimate of drug-likeness (QED) is 0.770. The third kappa shape index (κ3) is 1.77. The van der Waals surface area contributed by atoms with Crippen molar-refractivity contribution < 1.29 is 0 Å². The van der Waals surface area contributed by atoms with E-state index in [4.69, 9.17) is 5.73 Å². The third-order valence-electron chi connectivity index (χ3n) is 4.02. The van der Waals surface area contributed by atoms with Crippen LogP contribution in [0.25, 0.3) is 0 Å². The summed E-state index contributed by atoms with van der Waals surface area (Å²) in [5, 5.41) is 0. The molecule has 1 aromatic rings. The highest BCUT2D eigenvalue weighted by molar-refractivity contribution is 5.61. The normalized spacial score (nSPS) is 20.4. The molecule has 1 fully saturated rings. The van der Waals surface area contributed by atoms with Crippen LogP contribution in [0.15, 0.2) is 18.2 Å². The van der Waals surface area contributed by atoms with Crippen LogP contribution in [0.1, 0.15) is 31.2 Å². The second-order valence-electron chi connectivity index (χ2n) is 5.23. The largest absolute Gasteiger partial charge is 0.399 e. The fraction of sp³-hybridized carbons (Fsp3) is 0.571. The predicted molar refractivity (Wildman–Crippen MR) is 68.7 cm³/mol. The SMILES string of the molecule is Nc1ccc2c(c1)CCCN2CC1CCC1. The zero-order valence-electron chi connectivity index (χ0n) is 9.78. The van der Waals surface area contributed by atoms with E-state index >= 15 is 0 Å². The lowest BCUT2D eigenvalue weighted by Gasteiger charge is -2.37. The summed E-state index contributed by atoms with van der Waals surface area (Å²) in [6, 6.07) is 6.41. The molecular weight excluding hydrogens is 196 g/mol. The number of aryl methyl sites for hydroxylation is 1. The number of benzene rings is 1. The zero-order chi connectivity index (χ0) is 11.0. The van der Waals surface area contributed by atoms with Gasteiger partial charge in [-0.15, -0.1) is 0 Å². The van der Waals surface area contributed by atoms with Crippen LogP contribution < -0.4 is 10.6 Å². The third-order valence-corrected chi connectivity index (χ3v) is 4.02.